The van der Waals surface area contributed by atoms with Crippen LogP contribution >= 0.6 is 0 Å². The Morgan fingerprint density at radius 2 is 0.971 bits per heavy atom. The Bertz CT molecular complexity index is 1280. The van der Waals surface area contributed by atoms with Crippen molar-refractivity contribution in [3.63, 3.8) is 0 Å². The molecule has 8 nitrogen and oxygen atoms in total. The maximum absolute atomic E-state index is 10.9. The average molecular weight is 470 g/mol. The molecule has 0 amide bonds. The fraction of sp³-hybridized carbons (Fsp3) is 0.111. The summed E-state index contributed by atoms with van der Waals surface area (Å²) < 4.78 is 11.8. The molecule has 0 fully saturated rings. The van der Waals surface area contributed by atoms with Crippen LogP contribution < -0.4 is 9.47 Å². The summed E-state index contributed by atoms with van der Waals surface area (Å²) in [5.41, 5.74) is 3.63. The minimum atomic E-state index is -0.430. The van der Waals surface area contributed by atoms with Gasteiger partial charge in [-0.05, 0) is 78.9 Å². The monoisotopic (exact) mass is 470 g/mol. The second-order valence-electron chi connectivity index (χ2n) is 8.08. The maximum atomic E-state index is 10.9. The number of hydrogen-bond acceptors (Lipinski definition) is 6. The van der Waals surface area contributed by atoms with Gasteiger partial charge in [-0.25, -0.2) is 0 Å². The summed E-state index contributed by atoms with van der Waals surface area (Å²) >= 11 is 0. The highest BCUT2D eigenvalue weighted by Gasteiger charge is 2.11. The zero-order valence-electron chi connectivity index (χ0n) is 19.1. The topological polar surface area (TPSA) is 105 Å². The first-order valence-electron chi connectivity index (χ1n) is 10.8. The average Bonchev–Trinajstić information content (AvgIpc) is 2.83. The number of benzene rings is 4. The standard InChI is InChI=1S/C27H22N2O6/c1-18-15-22(28(30)31)7-13-26(18)34-24-9-3-20(4-10-24)17-21-5-11-25(12-6-21)35-27-14-8-23(29(32)33)16-19(27)2/h3-16H,17H2,1-2H3. The fourth-order valence-electron chi connectivity index (χ4n) is 3.56. The van der Waals surface area contributed by atoms with Crippen LogP contribution in [0.25, 0.3) is 0 Å². The molecule has 0 spiro atoms. The lowest BCUT2D eigenvalue weighted by atomic mass is 10.0. The van der Waals surface area contributed by atoms with Gasteiger partial charge in [-0.3, -0.25) is 20.2 Å². The second-order valence-corrected chi connectivity index (χ2v) is 8.08. The van der Waals surface area contributed by atoms with Crippen molar-refractivity contribution in [2.45, 2.75) is 20.3 Å². The number of nitrogens with zero attached hydrogens (tertiary/aromatic N) is 2. The summed E-state index contributed by atoms with van der Waals surface area (Å²) in [6.45, 7) is 3.54. The molecular weight excluding hydrogens is 448 g/mol. The molecule has 176 valence electrons. The Hall–Kier alpha value is -4.72. The van der Waals surface area contributed by atoms with Gasteiger partial charge in [0.15, 0.2) is 0 Å². The zero-order valence-corrected chi connectivity index (χ0v) is 19.1. The van der Waals surface area contributed by atoms with E-state index in [9.17, 15) is 20.2 Å². The van der Waals surface area contributed by atoms with Gasteiger partial charge in [0.05, 0.1) is 9.85 Å². The Morgan fingerprint density at radius 1 is 0.600 bits per heavy atom. The molecular formula is C27H22N2O6. The zero-order chi connectivity index (χ0) is 24.9. The quantitative estimate of drug-likeness (QED) is 0.198. The van der Waals surface area contributed by atoms with Crippen molar-refractivity contribution < 1.29 is 19.3 Å². The summed E-state index contributed by atoms with van der Waals surface area (Å²) in [5.74, 6) is 2.44. The third kappa shape index (κ3) is 5.80. The van der Waals surface area contributed by atoms with E-state index in [1.165, 1.54) is 24.3 Å². The highest BCUT2D eigenvalue weighted by atomic mass is 16.6. The van der Waals surface area contributed by atoms with E-state index in [1.54, 1.807) is 26.0 Å². The molecule has 0 atom stereocenters. The molecule has 0 aliphatic heterocycles. The van der Waals surface area contributed by atoms with Gasteiger partial charge in [0.2, 0.25) is 0 Å². The van der Waals surface area contributed by atoms with Crippen LogP contribution in [0.4, 0.5) is 11.4 Å². The first-order chi connectivity index (χ1) is 16.8. The molecule has 0 aliphatic carbocycles. The maximum Gasteiger partial charge on any atom is 0.269 e. The predicted molar refractivity (Wildman–Crippen MR) is 132 cm³/mol. The lowest BCUT2D eigenvalue weighted by molar-refractivity contribution is -0.385. The van der Waals surface area contributed by atoms with Gasteiger partial charge in [-0.1, -0.05) is 24.3 Å². The van der Waals surface area contributed by atoms with E-state index in [2.05, 4.69) is 0 Å². The lowest BCUT2D eigenvalue weighted by Gasteiger charge is -2.10. The van der Waals surface area contributed by atoms with E-state index >= 15 is 0 Å². The van der Waals surface area contributed by atoms with Crippen molar-refractivity contribution >= 4 is 11.4 Å². The molecule has 4 rings (SSSR count). The molecule has 0 aliphatic rings. The summed E-state index contributed by atoms with van der Waals surface area (Å²) in [4.78, 5) is 20.9. The van der Waals surface area contributed by atoms with Gasteiger partial charge in [0, 0.05) is 24.3 Å². The molecule has 0 radical (unpaired) electrons. The molecule has 0 bridgehead atoms. The molecule has 0 aromatic heterocycles. The molecule has 0 saturated carbocycles. The van der Waals surface area contributed by atoms with Crippen molar-refractivity contribution in [2.24, 2.45) is 0 Å². The lowest BCUT2D eigenvalue weighted by Crippen LogP contribution is -1.93. The summed E-state index contributed by atoms with van der Waals surface area (Å²) in [6.07, 6.45) is 0.716. The van der Waals surface area contributed by atoms with Gasteiger partial charge in [-0.15, -0.1) is 0 Å². The number of aryl methyl sites for hydroxylation is 2. The van der Waals surface area contributed by atoms with E-state index in [0.29, 0.717) is 40.5 Å². The number of non-ortho nitro benzene ring substituents is 2. The Morgan fingerprint density at radius 3 is 1.29 bits per heavy atom. The highest BCUT2D eigenvalue weighted by molar-refractivity contribution is 5.46. The number of rotatable bonds is 8. The van der Waals surface area contributed by atoms with E-state index in [1.807, 2.05) is 48.5 Å². The van der Waals surface area contributed by atoms with Crippen LogP contribution in [0.3, 0.4) is 0 Å². The van der Waals surface area contributed by atoms with Crippen LogP contribution in [-0.2, 0) is 6.42 Å². The van der Waals surface area contributed by atoms with Crippen LogP contribution in [0.2, 0.25) is 0 Å². The number of nitro groups is 2. The first kappa shape index (κ1) is 23.4. The SMILES string of the molecule is Cc1cc([N+](=O)[O-])ccc1Oc1ccc(Cc2ccc(Oc3ccc([N+](=O)[O-])cc3C)cc2)cc1. The van der Waals surface area contributed by atoms with E-state index < -0.39 is 9.85 Å². The van der Waals surface area contributed by atoms with Crippen molar-refractivity contribution in [3.8, 4) is 23.0 Å². The molecule has 0 unspecified atom stereocenters. The molecule has 0 saturated heterocycles. The number of nitro benzene ring substituents is 2. The first-order valence-corrected chi connectivity index (χ1v) is 10.8. The van der Waals surface area contributed by atoms with Crippen molar-refractivity contribution in [3.05, 3.63) is 127 Å². The van der Waals surface area contributed by atoms with Gasteiger partial charge < -0.3 is 9.47 Å². The van der Waals surface area contributed by atoms with Gasteiger partial charge in [0.25, 0.3) is 11.4 Å². The van der Waals surface area contributed by atoms with E-state index in [-0.39, 0.29) is 11.4 Å². The third-order valence-electron chi connectivity index (χ3n) is 5.45. The smallest absolute Gasteiger partial charge is 0.269 e. The van der Waals surface area contributed by atoms with Crippen molar-refractivity contribution in [1.82, 2.24) is 0 Å². The molecule has 4 aromatic rings. The van der Waals surface area contributed by atoms with Crippen molar-refractivity contribution in [1.29, 1.82) is 0 Å². The Kier molecular flexibility index (Phi) is 6.73. The van der Waals surface area contributed by atoms with Gasteiger partial charge in [0.1, 0.15) is 23.0 Å². The van der Waals surface area contributed by atoms with Crippen LogP contribution in [-0.4, -0.2) is 9.85 Å². The predicted octanol–water partition coefficient (Wildman–Crippen LogP) is 7.30. The molecule has 0 heterocycles. The molecule has 35 heavy (non-hydrogen) atoms. The minimum absolute atomic E-state index is 0.0319. The van der Waals surface area contributed by atoms with Crippen molar-refractivity contribution in [2.75, 3.05) is 0 Å². The van der Waals surface area contributed by atoms with E-state index in [0.717, 1.165) is 11.1 Å². The van der Waals surface area contributed by atoms with E-state index in [4.69, 9.17) is 9.47 Å². The summed E-state index contributed by atoms with van der Waals surface area (Å²) in [7, 11) is 0. The molecule has 0 N–H and O–H groups in total. The van der Waals surface area contributed by atoms with Gasteiger partial charge >= 0.3 is 0 Å². The third-order valence-corrected chi connectivity index (χ3v) is 5.45. The Labute approximate surface area is 201 Å². The fourth-order valence-corrected chi connectivity index (χ4v) is 3.56. The highest BCUT2D eigenvalue weighted by Crippen LogP contribution is 2.30. The van der Waals surface area contributed by atoms with Crippen LogP contribution in [0, 0.1) is 34.1 Å². The number of hydrogen-bond donors (Lipinski definition) is 0. The second kappa shape index (κ2) is 10.0. The van der Waals surface area contributed by atoms with Crippen LogP contribution in [0.1, 0.15) is 22.3 Å². The van der Waals surface area contributed by atoms with Gasteiger partial charge in [-0.2, -0.15) is 0 Å². The minimum Gasteiger partial charge on any atom is -0.457 e. The summed E-state index contributed by atoms with van der Waals surface area (Å²) in [5, 5.41) is 21.8. The molecule has 8 heteroatoms. The summed E-state index contributed by atoms with van der Waals surface area (Å²) in [6, 6.07) is 24.4. The van der Waals surface area contributed by atoms with Crippen LogP contribution in [0.15, 0.2) is 84.9 Å². The normalized spacial score (nSPS) is 10.6. The number of ether oxygens (including phenoxy) is 2. The Balaban J connectivity index is 1.38. The van der Waals surface area contributed by atoms with Crippen LogP contribution in [0.5, 0.6) is 23.0 Å². The largest absolute Gasteiger partial charge is 0.457 e. The molecule has 4 aromatic carbocycles.